The van der Waals surface area contributed by atoms with Gasteiger partial charge in [-0.05, 0) is 51.5 Å². The van der Waals surface area contributed by atoms with E-state index >= 15 is 0 Å². The van der Waals surface area contributed by atoms with E-state index in [1.165, 1.54) is 12.0 Å². The van der Waals surface area contributed by atoms with Gasteiger partial charge in [0.15, 0.2) is 5.65 Å². The Bertz CT molecular complexity index is 1090. The average Bonchev–Trinajstić information content (AvgIpc) is 3.07. The summed E-state index contributed by atoms with van der Waals surface area (Å²) in [6.07, 6.45) is 11.2. The van der Waals surface area contributed by atoms with Crippen LogP contribution in [0.1, 0.15) is 46.5 Å². The van der Waals surface area contributed by atoms with Crippen molar-refractivity contribution in [2.75, 3.05) is 5.43 Å². The monoisotopic (exact) mass is 388 g/mol. The lowest BCUT2D eigenvalue weighted by molar-refractivity contribution is 0.431. The minimum absolute atomic E-state index is 0.404. The summed E-state index contributed by atoms with van der Waals surface area (Å²) in [7, 11) is 0. The zero-order valence-electron chi connectivity index (χ0n) is 17.3. The molecule has 1 aliphatic carbocycles. The molecule has 3 aromatic rings. The first-order valence-corrected chi connectivity index (χ1v) is 10.3. The molecular formula is C23H28N6. The number of aromatic nitrogens is 4. The minimum Gasteiger partial charge on any atom is -0.338 e. The zero-order chi connectivity index (χ0) is 20.2. The number of anilines is 1. The molecule has 0 saturated carbocycles. The van der Waals surface area contributed by atoms with E-state index < -0.39 is 0 Å². The van der Waals surface area contributed by atoms with E-state index in [1.54, 1.807) is 5.57 Å². The molecule has 0 fully saturated rings. The fourth-order valence-corrected chi connectivity index (χ4v) is 3.90. The molecule has 150 valence electrons. The lowest BCUT2D eigenvalue weighted by Gasteiger charge is -2.25. The maximum atomic E-state index is 4.50. The fraction of sp³-hybridized carbons (Fsp3) is 0.391. The second kappa shape index (κ2) is 8.55. The number of H-pyrrole nitrogens is 1. The van der Waals surface area contributed by atoms with Crippen LogP contribution in [-0.2, 0) is 0 Å². The molecule has 1 aromatic carbocycles. The number of aromatic amines is 1. The van der Waals surface area contributed by atoms with Gasteiger partial charge < -0.3 is 4.98 Å². The Hall–Kier alpha value is -3.02. The van der Waals surface area contributed by atoms with Gasteiger partial charge >= 0.3 is 0 Å². The quantitative estimate of drug-likeness (QED) is 0.326. The predicted molar refractivity (Wildman–Crippen MR) is 120 cm³/mol. The van der Waals surface area contributed by atoms with Crippen LogP contribution in [0.25, 0.3) is 22.1 Å². The Morgan fingerprint density at radius 3 is 2.97 bits per heavy atom. The summed E-state index contributed by atoms with van der Waals surface area (Å²) in [5.41, 5.74) is 8.42. The van der Waals surface area contributed by atoms with Crippen molar-refractivity contribution in [2.45, 2.75) is 46.5 Å². The van der Waals surface area contributed by atoms with Gasteiger partial charge in [-0.1, -0.05) is 48.4 Å². The summed E-state index contributed by atoms with van der Waals surface area (Å²) >= 11 is 0. The van der Waals surface area contributed by atoms with Gasteiger partial charge in [0.2, 0.25) is 0 Å². The first-order chi connectivity index (χ1) is 14.1. The molecule has 6 heteroatoms. The van der Waals surface area contributed by atoms with Gasteiger partial charge in [0.1, 0.15) is 5.52 Å². The van der Waals surface area contributed by atoms with Crippen molar-refractivity contribution in [1.82, 2.24) is 20.2 Å². The number of nitrogens with one attached hydrogen (secondary N) is 2. The molecule has 0 spiro atoms. The van der Waals surface area contributed by atoms with Crippen LogP contribution in [-0.4, -0.2) is 26.4 Å². The smallest absolute Gasteiger partial charge is 0.265 e. The molecule has 0 unspecified atom stereocenters. The van der Waals surface area contributed by atoms with E-state index in [0.717, 1.165) is 35.7 Å². The van der Waals surface area contributed by atoms with Gasteiger partial charge in [0.25, 0.3) is 5.95 Å². The summed E-state index contributed by atoms with van der Waals surface area (Å²) in [6.45, 7) is 6.62. The number of para-hydroxylation sites is 1. The number of allylic oxidation sites excluding steroid dienone is 4. The number of benzene rings is 1. The van der Waals surface area contributed by atoms with Crippen LogP contribution < -0.4 is 5.43 Å². The Morgan fingerprint density at radius 2 is 2.14 bits per heavy atom. The summed E-state index contributed by atoms with van der Waals surface area (Å²) in [5.74, 6) is 1.42. The molecule has 2 heterocycles. The fourth-order valence-electron chi connectivity index (χ4n) is 3.90. The number of hydrogen-bond donors (Lipinski definition) is 2. The molecule has 4 rings (SSSR count). The van der Waals surface area contributed by atoms with Gasteiger partial charge in [-0.2, -0.15) is 10.1 Å². The highest BCUT2D eigenvalue weighted by Gasteiger charge is 2.20. The Morgan fingerprint density at radius 1 is 1.28 bits per heavy atom. The molecule has 6 nitrogen and oxygen atoms in total. The van der Waals surface area contributed by atoms with Crippen LogP contribution in [0.2, 0.25) is 0 Å². The second-order valence-corrected chi connectivity index (χ2v) is 8.16. The SMILES string of the molecule is CC(C)=CCCC1=CC[C@H](/C=N\Nc2nnc3c(n2)[nH]c2ccccc23)[C@H](C)C1. The molecule has 0 bridgehead atoms. The predicted octanol–water partition coefficient (Wildman–Crippen LogP) is 5.62. The number of rotatable bonds is 6. The summed E-state index contributed by atoms with van der Waals surface area (Å²) in [5, 5.41) is 13.9. The number of hydrogen-bond acceptors (Lipinski definition) is 5. The van der Waals surface area contributed by atoms with Gasteiger partial charge in [0.05, 0.1) is 0 Å². The van der Waals surface area contributed by atoms with Crippen LogP contribution in [0.4, 0.5) is 5.95 Å². The molecule has 2 aromatic heterocycles. The molecule has 29 heavy (non-hydrogen) atoms. The van der Waals surface area contributed by atoms with E-state index in [9.17, 15) is 0 Å². The third-order valence-electron chi connectivity index (χ3n) is 5.56. The van der Waals surface area contributed by atoms with Gasteiger partial charge in [-0.3, -0.25) is 0 Å². The van der Waals surface area contributed by atoms with Crippen molar-refractivity contribution in [2.24, 2.45) is 16.9 Å². The van der Waals surface area contributed by atoms with Crippen LogP contribution in [0.15, 0.2) is 52.7 Å². The highest BCUT2D eigenvalue weighted by molar-refractivity contribution is 6.03. The summed E-state index contributed by atoms with van der Waals surface area (Å²) in [6, 6.07) is 8.00. The lowest BCUT2D eigenvalue weighted by atomic mass is 9.80. The van der Waals surface area contributed by atoms with Crippen molar-refractivity contribution in [3.05, 3.63) is 47.6 Å². The van der Waals surface area contributed by atoms with E-state index in [-0.39, 0.29) is 0 Å². The third-order valence-corrected chi connectivity index (χ3v) is 5.56. The number of fused-ring (bicyclic) bond motifs is 3. The molecule has 0 radical (unpaired) electrons. The standard InChI is InChI=1S/C23H28N6/c1-15(2)7-6-8-17-11-12-18(16(3)13-17)14-24-28-23-26-22-21(27-29-23)19-9-4-5-10-20(19)25-22/h4-5,7,9-11,14,16,18H,6,8,12-13H2,1-3H3,(H2,25,26,28,29)/b24-14-/t16-,18-/m1/s1. The number of nitrogens with zero attached hydrogens (tertiary/aromatic N) is 4. The molecule has 2 N–H and O–H groups in total. The largest absolute Gasteiger partial charge is 0.338 e. The Kier molecular flexibility index (Phi) is 5.69. The lowest BCUT2D eigenvalue weighted by Crippen LogP contribution is -2.18. The second-order valence-electron chi connectivity index (χ2n) is 8.16. The Balaban J connectivity index is 1.38. The average molecular weight is 389 g/mol. The number of hydrazone groups is 1. The van der Waals surface area contributed by atoms with E-state index in [4.69, 9.17) is 0 Å². The molecule has 0 amide bonds. The first kappa shape index (κ1) is 19.3. The van der Waals surface area contributed by atoms with E-state index in [0.29, 0.717) is 23.4 Å². The van der Waals surface area contributed by atoms with Crippen molar-refractivity contribution < 1.29 is 0 Å². The van der Waals surface area contributed by atoms with Crippen molar-refractivity contribution in [3.63, 3.8) is 0 Å². The molecule has 2 atom stereocenters. The maximum absolute atomic E-state index is 4.50. The first-order valence-electron chi connectivity index (χ1n) is 10.3. The van der Waals surface area contributed by atoms with Gasteiger partial charge in [0, 0.05) is 23.0 Å². The topological polar surface area (TPSA) is 78.8 Å². The molecule has 0 aliphatic heterocycles. The van der Waals surface area contributed by atoms with Gasteiger partial charge in [-0.15, -0.1) is 10.2 Å². The maximum Gasteiger partial charge on any atom is 0.265 e. The minimum atomic E-state index is 0.404. The van der Waals surface area contributed by atoms with Crippen LogP contribution in [0.5, 0.6) is 0 Å². The molecule has 0 saturated heterocycles. The summed E-state index contributed by atoms with van der Waals surface area (Å²) in [4.78, 5) is 7.78. The van der Waals surface area contributed by atoms with Crippen LogP contribution >= 0.6 is 0 Å². The summed E-state index contributed by atoms with van der Waals surface area (Å²) < 4.78 is 0. The molecular weight excluding hydrogens is 360 g/mol. The van der Waals surface area contributed by atoms with E-state index in [1.807, 2.05) is 30.5 Å². The van der Waals surface area contributed by atoms with Gasteiger partial charge in [-0.25, -0.2) is 5.43 Å². The zero-order valence-corrected chi connectivity index (χ0v) is 17.3. The van der Waals surface area contributed by atoms with Crippen LogP contribution in [0, 0.1) is 11.8 Å². The highest BCUT2D eigenvalue weighted by Crippen LogP contribution is 2.30. The van der Waals surface area contributed by atoms with Crippen molar-refractivity contribution in [1.29, 1.82) is 0 Å². The van der Waals surface area contributed by atoms with E-state index in [2.05, 4.69) is 63.6 Å². The normalized spacial score (nSPS) is 19.6. The Labute approximate surface area is 171 Å². The highest BCUT2D eigenvalue weighted by atomic mass is 15.4. The van der Waals surface area contributed by atoms with Crippen LogP contribution in [0.3, 0.4) is 0 Å². The third kappa shape index (κ3) is 4.53. The van der Waals surface area contributed by atoms with Crippen molar-refractivity contribution in [3.8, 4) is 0 Å². The molecule has 1 aliphatic rings. The van der Waals surface area contributed by atoms with Crippen molar-refractivity contribution >= 4 is 34.2 Å².